The van der Waals surface area contributed by atoms with Gasteiger partial charge in [-0.2, -0.15) is 0 Å². The van der Waals surface area contributed by atoms with E-state index < -0.39 is 0 Å². The first kappa shape index (κ1) is 9.45. The van der Waals surface area contributed by atoms with E-state index in [1.165, 1.54) is 10.6 Å². The second kappa shape index (κ2) is 3.57. The van der Waals surface area contributed by atoms with Gasteiger partial charge in [0.05, 0.1) is 5.69 Å². The number of aromatic nitrogens is 1. The molecule has 0 aliphatic heterocycles. The zero-order valence-corrected chi connectivity index (χ0v) is 8.31. The highest BCUT2D eigenvalue weighted by molar-refractivity contribution is 5.60. The molecule has 15 heavy (non-hydrogen) atoms. The maximum absolute atomic E-state index is 9.80. The molecular formula is C11H12N2O2. The van der Waals surface area contributed by atoms with Crippen molar-refractivity contribution < 1.29 is 10.2 Å². The van der Waals surface area contributed by atoms with Crippen molar-refractivity contribution in [2.24, 2.45) is 0 Å². The molecule has 0 saturated heterocycles. The molecule has 0 radical (unpaired) electrons. The third-order valence-corrected chi connectivity index (χ3v) is 2.24. The molecule has 0 saturated carbocycles. The third-order valence-electron chi connectivity index (χ3n) is 2.24. The van der Waals surface area contributed by atoms with Gasteiger partial charge in [-0.1, -0.05) is 18.2 Å². The van der Waals surface area contributed by atoms with E-state index in [1.54, 1.807) is 19.2 Å². The summed E-state index contributed by atoms with van der Waals surface area (Å²) in [5.74, 6) is 0.00394. The van der Waals surface area contributed by atoms with Crippen LogP contribution in [-0.4, -0.2) is 21.8 Å². The smallest absolute Gasteiger partial charge is 0.222 e. The van der Waals surface area contributed by atoms with Gasteiger partial charge in [0.15, 0.2) is 0 Å². The molecule has 0 fully saturated rings. The van der Waals surface area contributed by atoms with E-state index >= 15 is 0 Å². The lowest BCUT2D eigenvalue weighted by Crippen LogP contribution is -1.92. The Morgan fingerprint density at radius 1 is 1.13 bits per heavy atom. The van der Waals surface area contributed by atoms with Gasteiger partial charge in [0.1, 0.15) is 5.69 Å². The summed E-state index contributed by atoms with van der Waals surface area (Å²) in [4.78, 5) is 0. The second-order valence-electron chi connectivity index (χ2n) is 3.16. The molecule has 2 rings (SSSR count). The highest BCUT2D eigenvalue weighted by Gasteiger charge is 2.13. The standard InChI is InChI=1S/C11H12N2O2/c1-12-9-7-10(14)13(11(9)15)8-5-3-2-4-6-8/h2-7,12,14-15H,1H3. The molecule has 0 unspecified atom stereocenters. The van der Waals surface area contributed by atoms with E-state index in [4.69, 9.17) is 0 Å². The van der Waals surface area contributed by atoms with Crippen LogP contribution in [0.25, 0.3) is 5.69 Å². The van der Waals surface area contributed by atoms with E-state index in [2.05, 4.69) is 5.32 Å². The molecule has 0 atom stereocenters. The van der Waals surface area contributed by atoms with Gasteiger partial charge in [0.25, 0.3) is 0 Å². The summed E-state index contributed by atoms with van der Waals surface area (Å²) < 4.78 is 1.37. The minimum atomic E-state index is 0.00111. The van der Waals surface area contributed by atoms with Gasteiger partial charge >= 0.3 is 0 Å². The maximum atomic E-state index is 9.80. The number of benzene rings is 1. The summed E-state index contributed by atoms with van der Waals surface area (Å²) >= 11 is 0. The first-order chi connectivity index (χ1) is 7.24. The Labute approximate surface area is 87.4 Å². The van der Waals surface area contributed by atoms with Crippen LogP contribution in [0.5, 0.6) is 11.8 Å². The molecule has 1 aromatic carbocycles. The lowest BCUT2D eigenvalue weighted by molar-refractivity contribution is 0.403. The average Bonchev–Trinajstić information content (AvgIpc) is 2.55. The normalized spacial score (nSPS) is 10.2. The van der Waals surface area contributed by atoms with E-state index in [0.717, 1.165) is 0 Å². The Balaban J connectivity index is 2.58. The fraction of sp³-hybridized carbons (Fsp3) is 0.0909. The van der Waals surface area contributed by atoms with Crippen molar-refractivity contribution in [1.82, 2.24) is 4.57 Å². The Kier molecular flexibility index (Phi) is 2.25. The van der Waals surface area contributed by atoms with Gasteiger partial charge in [-0.3, -0.25) is 0 Å². The van der Waals surface area contributed by atoms with Crippen LogP contribution in [-0.2, 0) is 0 Å². The molecule has 0 amide bonds. The predicted octanol–water partition coefficient (Wildman–Crippen LogP) is 1.93. The number of aromatic hydroxyl groups is 2. The summed E-state index contributed by atoms with van der Waals surface area (Å²) in [6, 6.07) is 10.6. The molecular weight excluding hydrogens is 192 g/mol. The minimum Gasteiger partial charge on any atom is -0.494 e. The van der Waals surface area contributed by atoms with Gasteiger partial charge in [0, 0.05) is 13.1 Å². The Hall–Kier alpha value is -2.10. The molecule has 4 nitrogen and oxygen atoms in total. The molecule has 2 aromatic rings. The third kappa shape index (κ3) is 1.50. The van der Waals surface area contributed by atoms with Crippen molar-refractivity contribution in [3.8, 4) is 17.4 Å². The lowest BCUT2D eigenvalue weighted by atomic mass is 10.3. The van der Waals surface area contributed by atoms with Crippen LogP contribution in [0.2, 0.25) is 0 Å². The van der Waals surface area contributed by atoms with Crippen LogP contribution in [0.15, 0.2) is 36.4 Å². The first-order valence-electron chi connectivity index (χ1n) is 4.61. The van der Waals surface area contributed by atoms with Gasteiger partial charge in [-0.05, 0) is 12.1 Å². The van der Waals surface area contributed by atoms with Crippen LogP contribution in [0.1, 0.15) is 0 Å². The Bertz CT molecular complexity index is 463. The molecule has 0 spiro atoms. The summed E-state index contributed by atoms with van der Waals surface area (Å²) in [6.07, 6.45) is 0. The minimum absolute atomic E-state index is 0.00111. The van der Waals surface area contributed by atoms with Crippen molar-refractivity contribution in [2.75, 3.05) is 12.4 Å². The number of para-hydroxylation sites is 1. The fourth-order valence-corrected chi connectivity index (χ4v) is 1.50. The number of hydrogen-bond acceptors (Lipinski definition) is 3. The topological polar surface area (TPSA) is 57.4 Å². The number of rotatable bonds is 2. The van der Waals surface area contributed by atoms with Gasteiger partial charge in [-0.25, -0.2) is 4.57 Å². The second-order valence-corrected chi connectivity index (χ2v) is 3.16. The number of anilines is 1. The van der Waals surface area contributed by atoms with Crippen LogP contribution in [0, 0.1) is 0 Å². The SMILES string of the molecule is CNc1cc(O)n(-c2ccccc2)c1O. The number of nitrogens with one attached hydrogen (secondary N) is 1. The number of nitrogens with zero attached hydrogens (tertiary/aromatic N) is 1. The zero-order valence-electron chi connectivity index (χ0n) is 8.31. The van der Waals surface area contributed by atoms with Crippen LogP contribution < -0.4 is 5.32 Å². The van der Waals surface area contributed by atoms with E-state index in [9.17, 15) is 10.2 Å². The molecule has 1 aromatic heterocycles. The summed E-state index contributed by atoms with van der Waals surface area (Å²) in [5, 5.41) is 22.3. The summed E-state index contributed by atoms with van der Waals surface area (Å²) in [7, 11) is 1.68. The maximum Gasteiger partial charge on any atom is 0.222 e. The zero-order chi connectivity index (χ0) is 10.8. The molecule has 3 N–H and O–H groups in total. The molecule has 0 bridgehead atoms. The van der Waals surface area contributed by atoms with Gasteiger partial charge < -0.3 is 15.5 Å². The Morgan fingerprint density at radius 3 is 2.33 bits per heavy atom. The van der Waals surface area contributed by atoms with Crippen molar-refractivity contribution in [1.29, 1.82) is 0 Å². The highest BCUT2D eigenvalue weighted by Crippen LogP contribution is 2.34. The first-order valence-corrected chi connectivity index (χ1v) is 4.61. The number of hydrogen-bond donors (Lipinski definition) is 3. The monoisotopic (exact) mass is 204 g/mol. The van der Waals surface area contributed by atoms with Crippen LogP contribution in [0.4, 0.5) is 5.69 Å². The van der Waals surface area contributed by atoms with E-state index in [1.807, 2.05) is 18.2 Å². The predicted molar refractivity (Wildman–Crippen MR) is 58.6 cm³/mol. The van der Waals surface area contributed by atoms with Gasteiger partial charge in [0.2, 0.25) is 11.8 Å². The van der Waals surface area contributed by atoms with E-state index in [0.29, 0.717) is 11.4 Å². The van der Waals surface area contributed by atoms with E-state index in [-0.39, 0.29) is 11.8 Å². The van der Waals surface area contributed by atoms with Gasteiger partial charge in [-0.15, -0.1) is 0 Å². The van der Waals surface area contributed by atoms with Crippen molar-refractivity contribution in [2.45, 2.75) is 0 Å². The van der Waals surface area contributed by atoms with Crippen LogP contribution >= 0.6 is 0 Å². The summed E-state index contributed by atoms with van der Waals surface area (Å²) in [5.41, 5.74) is 1.21. The van der Waals surface area contributed by atoms with Crippen molar-refractivity contribution >= 4 is 5.69 Å². The lowest BCUT2D eigenvalue weighted by Gasteiger charge is -2.06. The molecule has 78 valence electrons. The quantitative estimate of drug-likeness (QED) is 0.700. The molecule has 1 heterocycles. The van der Waals surface area contributed by atoms with Crippen LogP contribution in [0.3, 0.4) is 0 Å². The average molecular weight is 204 g/mol. The molecule has 0 aliphatic rings. The molecule has 4 heteroatoms. The Morgan fingerprint density at radius 2 is 1.80 bits per heavy atom. The highest BCUT2D eigenvalue weighted by atomic mass is 16.3. The summed E-state index contributed by atoms with van der Waals surface area (Å²) in [6.45, 7) is 0. The van der Waals surface area contributed by atoms with Crippen molar-refractivity contribution in [3.63, 3.8) is 0 Å². The molecule has 0 aliphatic carbocycles. The van der Waals surface area contributed by atoms with Crippen molar-refractivity contribution in [3.05, 3.63) is 36.4 Å². The fourth-order valence-electron chi connectivity index (χ4n) is 1.50. The largest absolute Gasteiger partial charge is 0.494 e.